The van der Waals surface area contributed by atoms with Crippen molar-refractivity contribution in [1.29, 1.82) is 0 Å². The predicted molar refractivity (Wildman–Crippen MR) is 199 cm³/mol. The molecule has 0 aliphatic rings. The van der Waals surface area contributed by atoms with Crippen LogP contribution in [-0.4, -0.2) is 77.0 Å². The van der Waals surface area contributed by atoms with Crippen LogP contribution in [-0.2, 0) is 28.0 Å². The molecule has 4 N–H and O–H groups in total. The molecule has 0 fully saturated rings. The number of aromatic nitrogens is 1. The smallest absolute Gasteiger partial charge is 0.340 e. The number of nitrogens with one attached hydrogen (secondary N) is 2. The SMILES string of the molecule is CC/C=C\C/C=C\C/C=C\C/C=C\C/C=C\CCCC(=O)OSCCNC(=O)CCNC(=O)[C@H](OC(=O)c1cccnc1)C(C)(C)COC(O)O. The van der Waals surface area contributed by atoms with Gasteiger partial charge in [0.15, 0.2) is 6.10 Å². The molecule has 0 aromatic carbocycles. The minimum atomic E-state index is -2.08. The number of carbonyl (C=O) groups is 4. The van der Waals surface area contributed by atoms with E-state index in [-0.39, 0.29) is 43.6 Å². The van der Waals surface area contributed by atoms with Crippen LogP contribution in [0.1, 0.15) is 88.9 Å². The van der Waals surface area contributed by atoms with Gasteiger partial charge in [-0.25, -0.2) is 4.79 Å². The Hall–Kier alpha value is -4.04. The molecule has 282 valence electrons. The molecule has 0 spiro atoms. The van der Waals surface area contributed by atoms with Crippen molar-refractivity contribution >= 4 is 35.8 Å². The summed E-state index contributed by atoms with van der Waals surface area (Å²) in [6.07, 6.45) is 29.3. The molecule has 0 unspecified atom stereocenters. The number of amides is 2. The van der Waals surface area contributed by atoms with Gasteiger partial charge in [-0.15, -0.1) is 0 Å². The van der Waals surface area contributed by atoms with Crippen molar-refractivity contribution in [3.8, 4) is 0 Å². The van der Waals surface area contributed by atoms with E-state index in [0.717, 1.165) is 50.6 Å². The lowest BCUT2D eigenvalue weighted by molar-refractivity contribution is -0.249. The van der Waals surface area contributed by atoms with E-state index < -0.39 is 29.9 Å². The Balaban J connectivity index is 2.21. The quantitative estimate of drug-likeness (QED) is 0.0290. The van der Waals surface area contributed by atoms with Crippen molar-refractivity contribution < 1.29 is 43.0 Å². The Kier molecular flexibility index (Phi) is 25.3. The van der Waals surface area contributed by atoms with E-state index in [9.17, 15) is 19.2 Å². The lowest BCUT2D eigenvalue weighted by Crippen LogP contribution is -2.49. The number of aliphatic hydroxyl groups excluding tert-OH is 1. The average Bonchev–Trinajstić information content (AvgIpc) is 3.11. The first-order valence-electron chi connectivity index (χ1n) is 17.3. The van der Waals surface area contributed by atoms with Crippen molar-refractivity contribution in [2.45, 2.75) is 91.1 Å². The first kappa shape index (κ1) is 45.0. The molecular weight excluding hydrogens is 674 g/mol. The lowest BCUT2D eigenvalue weighted by atomic mass is 9.86. The summed E-state index contributed by atoms with van der Waals surface area (Å²) in [6.45, 7) is 3.04. The fraction of sp³-hybridized carbons (Fsp3) is 0.500. The van der Waals surface area contributed by atoms with Crippen LogP contribution in [0.2, 0.25) is 0 Å². The van der Waals surface area contributed by atoms with Crippen LogP contribution in [0.4, 0.5) is 0 Å². The predicted octanol–water partition coefficient (Wildman–Crippen LogP) is 5.65. The molecule has 0 saturated carbocycles. The minimum Gasteiger partial charge on any atom is -0.448 e. The summed E-state index contributed by atoms with van der Waals surface area (Å²) in [5.74, 6) is -1.79. The molecule has 0 radical (unpaired) electrons. The topological polar surface area (TPSA) is 173 Å². The largest absolute Gasteiger partial charge is 0.448 e. The Morgan fingerprint density at radius 2 is 1.51 bits per heavy atom. The first-order chi connectivity index (χ1) is 24.6. The van der Waals surface area contributed by atoms with Gasteiger partial charge in [0, 0.05) is 49.5 Å². The molecule has 0 aliphatic heterocycles. The number of pyridine rings is 1. The zero-order valence-corrected chi connectivity index (χ0v) is 30.9. The summed E-state index contributed by atoms with van der Waals surface area (Å²) in [5, 5.41) is 23.4. The second kappa shape index (κ2) is 28.6. The highest BCUT2D eigenvalue weighted by Crippen LogP contribution is 2.26. The van der Waals surface area contributed by atoms with Crippen LogP contribution in [0.5, 0.6) is 0 Å². The number of hydrogen-bond donors (Lipinski definition) is 4. The maximum atomic E-state index is 13.0. The Labute approximate surface area is 306 Å². The summed E-state index contributed by atoms with van der Waals surface area (Å²) in [5.41, 5.74) is -1.04. The number of ether oxygens (including phenoxy) is 2. The van der Waals surface area contributed by atoms with E-state index in [1.165, 1.54) is 18.5 Å². The molecule has 13 heteroatoms. The second-order valence-corrected chi connectivity index (χ2v) is 12.7. The Morgan fingerprint density at radius 3 is 2.10 bits per heavy atom. The molecule has 1 heterocycles. The van der Waals surface area contributed by atoms with Gasteiger partial charge in [-0.05, 0) is 57.1 Å². The molecule has 51 heavy (non-hydrogen) atoms. The molecule has 2 amide bonds. The zero-order valence-electron chi connectivity index (χ0n) is 30.0. The molecule has 0 aliphatic carbocycles. The van der Waals surface area contributed by atoms with Crippen molar-refractivity contribution in [2.24, 2.45) is 5.41 Å². The third-order valence-electron chi connectivity index (χ3n) is 6.89. The third-order valence-corrected chi connectivity index (χ3v) is 7.57. The average molecular weight is 730 g/mol. The van der Waals surface area contributed by atoms with Gasteiger partial charge in [-0.2, -0.15) is 0 Å². The fourth-order valence-electron chi connectivity index (χ4n) is 4.19. The molecule has 12 nitrogen and oxygen atoms in total. The zero-order chi connectivity index (χ0) is 37.6. The normalized spacial score (nSPS) is 12.8. The summed E-state index contributed by atoms with van der Waals surface area (Å²) in [4.78, 5) is 53.7. The van der Waals surface area contributed by atoms with Crippen molar-refractivity contribution in [3.63, 3.8) is 0 Å². The van der Waals surface area contributed by atoms with Gasteiger partial charge in [-0.1, -0.05) is 81.5 Å². The van der Waals surface area contributed by atoms with E-state index in [1.54, 1.807) is 19.9 Å². The van der Waals surface area contributed by atoms with Crippen LogP contribution in [0.3, 0.4) is 0 Å². The molecule has 1 atom stereocenters. The number of esters is 1. The fourth-order valence-corrected chi connectivity index (χ4v) is 4.67. The first-order valence-corrected chi connectivity index (χ1v) is 18.2. The Bertz CT molecular complexity index is 1290. The third kappa shape index (κ3) is 23.9. The minimum absolute atomic E-state index is 0.0504. The maximum Gasteiger partial charge on any atom is 0.340 e. The van der Waals surface area contributed by atoms with Crippen molar-refractivity contribution in [2.75, 3.05) is 25.4 Å². The van der Waals surface area contributed by atoms with Gasteiger partial charge in [0.1, 0.15) is 0 Å². The van der Waals surface area contributed by atoms with Crippen molar-refractivity contribution in [3.05, 3.63) is 90.9 Å². The monoisotopic (exact) mass is 729 g/mol. The number of carbonyl (C=O) groups excluding carboxylic acids is 4. The van der Waals surface area contributed by atoms with Gasteiger partial charge in [-0.3, -0.25) is 19.4 Å². The van der Waals surface area contributed by atoms with Crippen molar-refractivity contribution in [1.82, 2.24) is 15.6 Å². The highest BCUT2D eigenvalue weighted by atomic mass is 32.2. The van der Waals surface area contributed by atoms with Crippen LogP contribution in [0.15, 0.2) is 85.3 Å². The van der Waals surface area contributed by atoms with E-state index in [0.29, 0.717) is 18.6 Å². The number of nitrogens with zero attached hydrogens (tertiary/aromatic N) is 1. The summed E-state index contributed by atoms with van der Waals surface area (Å²) in [7, 11) is 0. The van der Waals surface area contributed by atoms with E-state index in [1.807, 2.05) is 0 Å². The van der Waals surface area contributed by atoms with E-state index >= 15 is 0 Å². The molecule has 0 saturated heterocycles. The van der Waals surface area contributed by atoms with Crippen LogP contribution in [0, 0.1) is 5.41 Å². The number of aliphatic hydroxyl groups is 2. The molecule has 1 aromatic rings. The number of unbranched alkanes of at least 4 members (excludes halogenated alkanes) is 1. The maximum absolute atomic E-state index is 13.0. The molecule has 0 bridgehead atoms. The summed E-state index contributed by atoms with van der Waals surface area (Å²) >= 11 is 0.965. The number of rotatable bonds is 27. The van der Waals surface area contributed by atoms with Gasteiger partial charge >= 0.3 is 11.9 Å². The van der Waals surface area contributed by atoms with Crippen LogP contribution in [0.25, 0.3) is 0 Å². The Morgan fingerprint density at radius 1 is 0.882 bits per heavy atom. The second-order valence-electron chi connectivity index (χ2n) is 11.9. The van der Waals surface area contributed by atoms with Gasteiger partial charge in [0.25, 0.3) is 12.4 Å². The van der Waals surface area contributed by atoms with Gasteiger partial charge < -0.3 is 34.5 Å². The van der Waals surface area contributed by atoms with E-state index in [2.05, 4.69) is 83.3 Å². The standard InChI is InChI=1S/C38H55N3O9S/c1-4-5-6-7-8-9-10-11-12-13-14-15-16-17-18-19-20-23-33(43)50-51-28-27-40-32(42)24-26-41-35(44)34(38(2,3)30-48-37(46)47)49-36(45)31-22-21-25-39-29-31/h5-6,8-9,11-12,14-15,17-18,21-22,25,29,34,37,46-47H,4,7,10,13,16,19-20,23-24,26-28,30H2,1-3H3,(H,40,42)(H,41,44)/b6-5-,9-8-,12-11-,15-14-,18-17-/t34-/m0/s1. The van der Waals surface area contributed by atoms with Crippen LogP contribution < -0.4 is 10.6 Å². The molecule has 1 rings (SSSR count). The highest BCUT2D eigenvalue weighted by Gasteiger charge is 2.39. The van der Waals surface area contributed by atoms with Gasteiger partial charge in [0.05, 0.1) is 24.2 Å². The number of allylic oxidation sites excluding steroid dienone is 10. The number of hydrogen-bond acceptors (Lipinski definition) is 11. The summed E-state index contributed by atoms with van der Waals surface area (Å²) in [6, 6.07) is 3.02. The van der Waals surface area contributed by atoms with Gasteiger partial charge in [0.2, 0.25) is 5.91 Å². The molecule has 1 aromatic heterocycles. The highest BCUT2D eigenvalue weighted by molar-refractivity contribution is 7.95. The van der Waals surface area contributed by atoms with Crippen LogP contribution >= 0.6 is 12.0 Å². The molecular formula is C38H55N3O9S. The lowest BCUT2D eigenvalue weighted by Gasteiger charge is -2.32. The summed E-state index contributed by atoms with van der Waals surface area (Å²) < 4.78 is 15.4. The van der Waals surface area contributed by atoms with E-state index in [4.69, 9.17) is 23.9 Å².